The maximum Gasteiger partial charge on any atom is 0.249 e. The van der Waals surface area contributed by atoms with E-state index in [0.717, 1.165) is 40.2 Å². The molecule has 9 heteroatoms. The van der Waals surface area contributed by atoms with Crippen LogP contribution in [0, 0.1) is 5.92 Å². The first-order chi connectivity index (χ1) is 15.3. The van der Waals surface area contributed by atoms with Crippen LogP contribution in [0.3, 0.4) is 0 Å². The van der Waals surface area contributed by atoms with E-state index in [1.807, 2.05) is 35.8 Å². The molecular formula is C23H26F2N6O. The van der Waals surface area contributed by atoms with Gasteiger partial charge < -0.3 is 14.4 Å². The lowest BCUT2D eigenvalue weighted by molar-refractivity contribution is -0.163. The van der Waals surface area contributed by atoms with Crippen molar-refractivity contribution in [3.05, 3.63) is 42.1 Å². The number of alkyl halides is 2. The van der Waals surface area contributed by atoms with E-state index in [1.54, 1.807) is 17.4 Å². The summed E-state index contributed by atoms with van der Waals surface area (Å²) in [5, 5.41) is 0. The number of rotatable bonds is 5. The third-order valence-electron chi connectivity index (χ3n) is 6.72. The number of pyridine rings is 2. The van der Waals surface area contributed by atoms with Crippen molar-refractivity contribution in [3.63, 3.8) is 0 Å². The van der Waals surface area contributed by atoms with Crippen molar-refractivity contribution in [2.45, 2.75) is 38.0 Å². The molecule has 168 valence electrons. The van der Waals surface area contributed by atoms with Crippen LogP contribution in [0.2, 0.25) is 0 Å². The zero-order valence-corrected chi connectivity index (χ0v) is 18.4. The van der Waals surface area contributed by atoms with Gasteiger partial charge in [-0.1, -0.05) is 6.92 Å². The van der Waals surface area contributed by atoms with Crippen molar-refractivity contribution < 1.29 is 13.6 Å². The number of hydrogen-bond acceptors (Lipinski definition) is 5. The van der Waals surface area contributed by atoms with Crippen molar-refractivity contribution in [2.24, 2.45) is 13.0 Å². The molecule has 1 aliphatic carbocycles. The summed E-state index contributed by atoms with van der Waals surface area (Å²) >= 11 is 0. The van der Waals surface area contributed by atoms with Gasteiger partial charge >= 0.3 is 0 Å². The lowest BCUT2D eigenvalue weighted by atomic mass is 9.79. The average Bonchev–Trinajstić information content (AvgIpc) is 3.10. The molecule has 7 nitrogen and oxygen atoms in total. The van der Waals surface area contributed by atoms with Gasteiger partial charge in [-0.2, -0.15) is 0 Å². The lowest BCUT2D eigenvalue weighted by Gasteiger charge is -2.44. The average molecular weight is 440 g/mol. The van der Waals surface area contributed by atoms with Gasteiger partial charge in [-0.05, 0) is 18.1 Å². The van der Waals surface area contributed by atoms with Crippen molar-refractivity contribution in [3.8, 4) is 0 Å². The van der Waals surface area contributed by atoms with Gasteiger partial charge in [0.15, 0.2) is 0 Å². The molecule has 0 spiro atoms. The molecular weight excluding hydrogens is 414 g/mol. The number of imidazole rings is 1. The van der Waals surface area contributed by atoms with Gasteiger partial charge in [0.1, 0.15) is 11.3 Å². The van der Waals surface area contributed by atoms with Crippen molar-refractivity contribution in [2.75, 3.05) is 25.0 Å². The minimum Gasteiger partial charge on any atom is -0.341 e. The normalized spacial score (nSPS) is 18.5. The van der Waals surface area contributed by atoms with Gasteiger partial charge in [0.05, 0.1) is 29.9 Å². The summed E-state index contributed by atoms with van der Waals surface area (Å²) < 4.78 is 28.1. The summed E-state index contributed by atoms with van der Waals surface area (Å²) in [6.07, 6.45) is 5.60. The topological polar surface area (TPSA) is 67.2 Å². The standard InChI is InChI=1S/C23H26F2N6O/c1-4-14-5-17(16-11-31(12-16)22(32)15-7-23(24,25)8-15)26-10-20(14)30(3)21-6-19-18(9-27-21)28-13-29(19)2/h5-6,9-10,13,15-16H,4,7-8,11-12H2,1-3H3. The molecule has 1 amide bonds. The summed E-state index contributed by atoms with van der Waals surface area (Å²) in [4.78, 5) is 29.6. The Morgan fingerprint density at radius 3 is 2.62 bits per heavy atom. The first kappa shape index (κ1) is 20.8. The van der Waals surface area contributed by atoms with Gasteiger partial charge in [0.2, 0.25) is 11.8 Å². The Morgan fingerprint density at radius 1 is 1.19 bits per heavy atom. The maximum atomic E-state index is 13.1. The Hall–Kier alpha value is -3.10. The number of aromatic nitrogens is 4. The van der Waals surface area contributed by atoms with Crippen LogP contribution in [0.15, 0.2) is 30.9 Å². The van der Waals surface area contributed by atoms with Gasteiger partial charge in [0, 0.05) is 63.6 Å². The maximum absolute atomic E-state index is 13.1. The van der Waals surface area contributed by atoms with E-state index >= 15 is 0 Å². The fourth-order valence-corrected chi connectivity index (χ4v) is 4.58. The van der Waals surface area contributed by atoms with E-state index in [1.165, 1.54) is 0 Å². The quantitative estimate of drug-likeness (QED) is 0.606. The second kappa shape index (κ2) is 7.50. The minimum absolute atomic E-state index is 0.143. The number of likely N-dealkylation sites (tertiary alicyclic amines) is 1. The number of halogens is 2. The molecule has 5 rings (SSSR count). The third kappa shape index (κ3) is 3.49. The van der Waals surface area contributed by atoms with Crippen molar-refractivity contribution in [1.82, 2.24) is 24.4 Å². The Bertz CT molecular complexity index is 1180. The fourth-order valence-electron chi connectivity index (χ4n) is 4.58. The summed E-state index contributed by atoms with van der Waals surface area (Å²) in [6, 6.07) is 4.10. The second-order valence-corrected chi connectivity index (χ2v) is 8.94. The number of hydrogen-bond donors (Lipinski definition) is 0. The molecule has 2 aliphatic rings. The highest BCUT2D eigenvalue weighted by molar-refractivity contribution is 5.81. The van der Waals surface area contributed by atoms with E-state index in [0.29, 0.717) is 13.1 Å². The lowest BCUT2D eigenvalue weighted by Crippen LogP contribution is -2.54. The van der Waals surface area contributed by atoms with E-state index in [4.69, 9.17) is 0 Å². The van der Waals surface area contributed by atoms with E-state index in [-0.39, 0.29) is 24.7 Å². The molecule has 2 fully saturated rings. The number of anilines is 2. The molecule has 0 unspecified atom stereocenters. The van der Waals surface area contributed by atoms with Crippen molar-refractivity contribution in [1.29, 1.82) is 0 Å². The summed E-state index contributed by atoms with van der Waals surface area (Å²) in [6.45, 7) is 3.19. The van der Waals surface area contributed by atoms with E-state index < -0.39 is 11.8 Å². The molecule has 0 N–H and O–H groups in total. The van der Waals surface area contributed by atoms with Crippen LogP contribution in [0.5, 0.6) is 0 Å². The Balaban J connectivity index is 1.30. The number of carbonyl (C=O) groups excluding carboxylic acids is 1. The van der Waals surface area contributed by atoms with E-state index in [9.17, 15) is 13.6 Å². The highest BCUT2D eigenvalue weighted by Gasteiger charge is 2.51. The van der Waals surface area contributed by atoms with Crippen molar-refractivity contribution >= 4 is 28.4 Å². The second-order valence-electron chi connectivity index (χ2n) is 8.94. The molecule has 3 aromatic rings. The van der Waals surface area contributed by atoms with Crippen LogP contribution in [-0.4, -0.2) is 56.4 Å². The monoisotopic (exact) mass is 440 g/mol. The Morgan fingerprint density at radius 2 is 1.94 bits per heavy atom. The smallest absolute Gasteiger partial charge is 0.249 e. The molecule has 1 saturated heterocycles. The third-order valence-corrected chi connectivity index (χ3v) is 6.72. The predicted octanol–water partition coefficient (Wildman–Crippen LogP) is 3.66. The zero-order valence-electron chi connectivity index (χ0n) is 18.4. The summed E-state index contributed by atoms with van der Waals surface area (Å²) in [5.74, 6) is -2.38. The van der Waals surface area contributed by atoms with Crippen LogP contribution < -0.4 is 4.90 Å². The zero-order chi connectivity index (χ0) is 22.6. The predicted molar refractivity (Wildman–Crippen MR) is 117 cm³/mol. The number of carbonyl (C=O) groups is 1. The van der Waals surface area contributed by atoms with Crippen LogP contribution in [0.1, 0.15) is 36.9 Å². The van der Waals surface area contributed by atoms with E-state index in [2.05, 4.69) is 27.9 Å². The SMILES string of the molecule is CCc1cc(C2CN(C(=O)C3CC(F)(F)C3)C2)ncc1N(C)c1cc2c(cn1)ncn2C. The molecule has 1 saturated carbocycles. The van der Waals surface area contributed by atoms with Crippen LogP contribution in [0.4, 0.5) is 20.3 Å². The molecule has 0 aromatic carbocycles. The van der Waals surface area contributed by atoms with Gasteiger partial charge in [-0.3, -0.25) is 9.78 Å². The summed E-state index contributed by atoms with van der Waals surface area (Å²) in [5.41, 5.74) is 4.93. The highest BCUT2D eigenvalue weighted by Crippen LogP contribution is 2.44. The minimum atomic E-state index is -2.67. The Labute approximate surface area is 185 Å². The van der Waals surface area contributed by atoms with Crippen LogP contribution in [-0.2, 0) is 18.3 Å². The largest absolute Gasteiger partial charge is 0.341 e. The highest BCUT2D eigenvalue weighted by atomic mass is 19.3. The fraction of sp³-hybridized carbons (Fsp3) is 0.478. The molecule has 4 heterocycles. The van der Waals surface area contributed by atoms with Gasteiger partial charge in [-0.15, -0.1) is 0 Å². The number of fused-ring (bicyclic) bond motifs is 1. The summed E-state index contributed by atoms with van der Waals surface area (Å²) in [7, 11) is 3.93. The Kier molecular flexibility index (Phi) is 4.87. The van der Waals surface area contributed by atoms with Gasteiger partial charge in [0.25, 0.3) is 0 Å². The first-order valence-corrected chi connectivity index (χ1v) is 10.9. The van der Waals surface area contributed by atoms with Crippen LogP contribution in [0.25, 0.3) is 11.0 Å². The van der Waals surface area contributed by atoms with Gasteiger partial charge in [-0.25, -0.2) is 18.7 Å². The number of aryl methyl sites for hydroxylation is 2. The molecule has 0 bridgehead atoms. The molecule has 1 aliphatic heterocycles. The molecule has 3 aromatic heterocycles. The molecule has 32 heavy (non-hydrogen) atoms. The molecule has 0 atom stereocenters. The first-order valence-electron chi connectivity index (χ1n) is 10.9. The number of nitrogens with zero attached hydrogens (tertiary/aromatic N) is 6. The van der Waals surface area contributed by atoms with Crippen LogP contribution >= 0.6 is 0 Å². The number of amides is 1. The molecule has 0 radical (unpaired) electrons.